The van der Waals surface area contributed by atoms with Gasteiger partial charge >= 0.3 is 5.97 Å². The highest BCUT2D eigenvalue weighted by Gasteiger charge is 2.13. The number of thioether (sulfide) groups is 1. The van der Waals surface area contributed by atoms with Crippen LogP contribution < -0.4 is 0 Å². The van der Waals surface area contributed by atoms with Gasteiger partial charge in [-0.2, -0.15) is 0 Å². The number of nitrogens with zero attached hydrogens (tertiary/aromatic N) is 2. The van der Waals surface area contributed by atoms with E-state index in [1.54, 1.807) is 12.1 Å². The quantitative estimate of drug-likeness (QED) is 0.635. The summed E-state index contributed by atoms with van der Waals surface area (Å²) >= 11 is 7.13. The van der Waals surface area contributed by atoms with E-state index in [0.717, 1.165) is 11.8 Å². The van der Waals surface area contributed by atoms with Crippen LogP contribution in [0.25, 0.3) is 11.5 Å². The highest BCUT2D eigenvalue weighted by Crippen LogP contribution is 2.28. The summed E-state index contributed by atoms with van der Waals surface area (Å²) in [4.78, 5) is 11.0. The average molecular weight is 285 g/mol. The van der Waals surface area contributed by atoms with E-state index in [1.807, 2.05) is 12.1 Å². The smallest absolute Gasteiger partial charge is 0.316 e. The lowest BCUT2D eigenvalue weighted by Crippen LogP contribution is -2.02. The highest BCUT2D eigenvalue weighted by molar-refractivity contribution is 7.99. The number of rotatable bonds is 4. The summed E-state index contributed by atoms with van der Waals surface area (Å²) in [5, 5.41) is 8.53. The third-order valence-electron chi connectivity index (χ3n) is 2.05. The number of methoxy groups -OCH3 is 1. The van der Waals surface area contributed by atoms with Crippen molar-refractivity contribution >= 4 is 29.3 Å². The first-order chi connectivity index (χ1) is 8.70. The second-order valence-electron chi connectivity index (χ2n) is 3.22. The number of benzene rings is 1. The van der Waals surface area contributed by atoms with Crippen LogP contribution in [0.4, 0.5) is 0 Å². The van der Waals surface area contributed by atoms with E-state index in [-0.39, 0.29) is 11.7 Å². The zero-order chi connectivity index (χ0) is 13.0. The van der Waals surface area contributed by atoms with Crippen molar-refractivity contribution in [1.82, 2.24) is 10.2 Å². The zero-order valence-corrected chi connectivity index (χ0v) is 11.0. The van der Waals surface area contributed by atoms with Crippen molar-refractivity contribution in [2.45, 2.75) is 5.22 Å². The molecule has 0 aliphatic carbocycles. The summed E-state index contributed by atoms with van der Waals surface area (Å²) in [6.45, 7) is 0. The van der Waals surface area contributed by atoms with Crippen LogP contribution in [0.1, 0.15) is 0 Å². The standard InChI is InChI=1S/C11H9ClN2O3S/c1-16-9(15)6-18-11-14-13-10(17-11)7-4-2-3-5-8(7)12/h2-5H,6H2,1H3. The summed E-state index contributed by atoms with van der Waals surface area (Å²) in [5.41, 5.74) is 0.664. The Morgan fingerprint density at radius 1 is 1.44 bits per heavy atom. The number of hydrogen-bond acceptors (Lipinski definition) is 6. The van der Waals surface area contributed by atoms with Gasteiger partial charge in [0, 0.05) is 0 Å². The number of hydrogen-bond donors (Lipinski definition) is 0. The minimum absolute atomic E-state index is 0.126. The first-order valence-corrected chi connectivity index (χ1v) is 6.35. The predicted molar refractivity (Wildman–Crippen MR) is 67.5 cm³/mol. The Morgan fingerprint density at radius 3 is 2.94 bits per heavy atom. The molecule has 0 saturated carbocycles. The maximum Gasteiger partial charge on any atom is 0.316 e. The fourth-order valence-electron chi connectivity index (χ4n) is 1.19. The zero-order valence-electron chi connectivity index (χ0n) is 9.42. The van der Waals surface area contributed by atoms with Crippen molar-refractivity contribution in [1.29, 1.82) is 0 Å². The molecule has 1 aromatic heterocycles. The molecule has 94 valence electrons. The van der Waals surface area contributed by atoms with Crippen molar-refractivity contribution in [3.63, 3.8) is 0 Å². The second-order valence-corrected chi connectivity index (χ2v) is 4.55. The van der Waals surface area contributed by atoms with E-state index in [2.05, 4.69) is 14.9 Å². The fourth-order valence-corrected chi connectivity index (χ4v) is 2.00. The van der Waals surface area contributed by atoms with Crippen LogP contribution in [0.15, 0.2) is 33.9 Å². The van der Waals surface area contributed by atoms with Gasteiger partial charge in [-0.05, 0) is 12.1 Å². The van der Waals surface area contributed by atoms with Gasteiger partial charge < -0.3 is 9.15 Å². The first-order valence-electron chi connectivity index (χ1n) is 4.98. The third-order valence-corrected chi connectivity index (χ3v) is 3.17. The largest absolute Gasteiger partial charge is 0.468 e. The Hall–Kier alpha value is -1.53. The van der Waals surface area contributed by atoms with Crippen molar-refractivity contribution in [2.75, 3.05) is 12.9 Å². The van der Waals surface area contributed by atoms with Gasteiger partial charge in [-0.3, -0.25) is 4.79 Å². The summed E-state index contributed by atoms with van der Waals surface area (Å²) in [7, 11) is 1.33. The van der Waals surface area contributed by atoms with Crippen LogP contribution >= 0.6 is 23.4 Å². The lowest BCUT2D eigenvalue weighted by atomic mass is 10.2. The van der Waals surface area contributed by atoms with Gasteiger partial charge in [-0.15, -0.1) is 10.2 Å². The molecule has 0 atom stereocenters. The maximum atomic E-state index is 11.0. The molecule has 0 aliphatic rings. The molecule has 0 aliphatic heterocycles. The Labute approximate surface area is 112 Å². The minimum Gasteiger partial charge on any atom is -0.468 e. The molecule has 18 heavy (non-hydrogen) atoms. The fraction of sp³-hybridized carbons (Fsp3) is 0.182. The molecule has 0 N–H and O–H groups in total. The lowest BCUT2D eigenvalue weighted by molar-refractivity contribution is -0.137. The molecule has 0 fully saturated rings. The lowest BCUT2D eigenvalue weighted by Gasteiger charge is -1.97. The van der Waals surface area contributed by atoms with Crippen LogP contribution in [-0.4, -0.2) is 29.0 Å². The molecule has 1 heterocycles. The van der Waals surface area contributed by atoms with Gasteiger partial charge in [0.2, 0.25) is 5.89 Å². The number of ether oxygens (including phenoxy) is 1. The highest BCUT2D eigenvalue weighted by atomic mass is 35.5. The Morgan fingerprint density at radius 2 is 2.22 bits per heavy atom. The summed E-state index contributed by atoms with van der Waals surface area (Å²) < 4.78 is 9.91. The van der Waals surface area contributed by atoms with Crippen LogP contribution in [0, 0.1) is 0 Å². The molecule has 2 aromatic rings. The predicted octanol–water partition coefficient (Wildman–Crippen LogP) is 2.66. The maximum absolute atomic E-state index is 11.0. The number of carbonyl (C=O) groups excluding carboxylic acids is 1. The van der Waals surface area contributed by atoms with E-state index in [0.29, 0.717) is 21.7 Å². The van der Waals surface area contributed by atoms with Crippen molar-refractivity contribution < 1.29 is 13.9 Å². The monoisotopic (exact) mass is 284 g/mol. The molecule has 0 radical (unpaired) electrons. The molecule has 0 unspecified atom stereocenters. The minimum atomic E-state index is -0.350. The van der Waals surface area contributed by atoms with Gasteiger partial charge in [0.25, 0.3) is 5.22 Å². The molecule has 2 rings (SSSR count). The van der Waals surface area contributed by atoms with Gasteiger partial charge in [0.15, 0.2) is 0 Å². The second kappa shape index (κ2) is 5.88. The Kier molecular flexibility index (Phi) is 4.22. The van der Waals surface area contributed by atoms with Crippen LogP contribution in [0.3, 0.4) is 0 Å². The number of aromatic nitrogens is 2. The van der Waals surface area contributed by atoms with E-state index < -0.39 is 0 Å². The summed E-state index contributed by atoms with van der Waals surface area (Å²) in [5.74, 6) is 0.103. The van der Waals surface area contributed by atoms with Gasteiger partial charge in [0.1, 0.15) is 5.75 Å². The van der Waals surface area contributed by atoms with Gasteiger partial charge in [0.05, 0.1) is 17.7 Å². The number of halogens is 1. The Balaban J connectivity index is 2.11. The Bertz CT molecular complexity index is 559. The van der Waals surface area contributed by atoms with Crippen molar-refractivity contribution in [3.05, 3.63) is 29.3 Å². The molecule has 0 bridgehead atoms. The summed E-state index contributed by atoms with van der Waals surface area (Å²) in [6, 6.07) is 7.16. The van der Waals surface area contributed by atoms with Crippen LogP contribution in [-0.2, 0) is 9.53 Å². The average Bonchev–Trinajstić information content (AvgIpc) is 2.85. The van der Waals surface area contributed by atoms with Crippen LogP contribution in [0.2, 0.25) is 5.02 Å². The number of esters is 1. The molecule has 1 aromatic carbocycles. The van der Waals surface area contributed by atoms with Gasteiger partial charge in [-0.1, -0.05) is 35.5 Å². The summed E-state index contributed by atoms with van der Waals surface area (Å²) in [6.07, 6.45) is 0. The van der Waals surface area contributed by atoms with E-state index in [9.17, 15) is 4.79 Å². The molecule has 5 nitrogen and oxygen atoms in total. The molecule has 0 amide bonds. The van der Waals surface area contributed by atoms with Crippen molar-refractivity contribution in [3.8, 4) is 11.5 Å². The molecule has 7 heteroatoms. The van der Waals surface area contributed by atoms with Gasteiger partial charge in [-0.25, -0.2) is 0 Å². The van der Waals surface area contributed by atoms with E-state index in [4.69, 9.17) is 16.0 Å². The molecular formula is C11H9ClN2O3S. The molecule has 0 saturated heterocycles. The third kappa shape index (κ3) is 3.02. The number of carbonyl (C=O) groups is 1. The van der Waals surface area contributed by atoms with E-state index >= 15 is 0 Å². The van der Waals surface area contributed by atoms with Crippen molar-refractivity contribution in [2.24, 2.45) is 0 Å². The SMILES string of the molecule is COC(=O)CSc1nnc(-c2ccccc2Cl)o1. The topological polar surface area (TPSA) is 65.2 Å². The normalized spacial score (nSPS) is 10.3. The van der Waals surface area contributed by atoms with Crippen LogP contribution in [0.5, 0.6) is 0 Å². The van der Waals surface area contributed by atoms with E-state index in [1.165, 1.54) is 7.11 Å². The first kappa shape index (κ1) is 12.9. The molecular weight excluding hydrogens is 276 g/mol. The molecule has 0 spiro atoms.